The van der Waals surface area contributed by atoms with Gasteiger partial charge in [0.05, 0.1) is 0 Å². The number of carbonyl (C=O) groups excluding carboxylic acids is 2. The number of aliphatic hydroxyl groups is 3. The molecule has 1 saturated heterocycles. The Bertz CT molecular complexity index is 1420. The molecule has 0 spiro atoms. The van der Waals surface area contributed by atoms with E-state index in [-0.39, 0.29) is 36.3 Å². The molecule has 50 heavy (non-hydrogen) atoms. The van der Waals surface area contributed by atoms with Crippen LogP contribution in [0, 0.1) is 0 Å². The normalized spacial score (nSPS) is 20.9. The molecule has 1 aliphatic rings. The first kappa shape index (κ1) is 40.3. The number of aryl methyl sites for hydroxylation is 1. The van der Waals surface area contributed by atoms with Gasteiger partial charge in [-0.15, -0.1) is 0 Å². The molecule has 3 rings (SSSR count). The van der Waals surface area contributed by atoms with Crippen molar-refractivity contribution in [2.45, 2.75) is 115 Å². The number of ketones is 1. The van der Waals surface area contributed by atoms with E-state index in [0.29, 0.717) is 6.42 Å². The van der Waals surface area contributed by atoms with Crippen LogP contribution in [0.2, 0.25) is 0 Å². The third-order valence-corrected chi connectivity index (χ3v) is 8.27. The van der Waals surface area contributed by atoms with Gasteiger partial charge in [-0.1, -0.05) is 74.8 Å². The zero-order chi connectivity index (χ0) is 36.3. The van der Waals surface area contributed by atoms with Gasteiger partial charge in [-0.2, -0.15) is 0 Å². The molecule has 1 fully saturated rings. The van der Waals surface area contributed by atoms with Crippen LogP contribution in [0.5, 0.6) is 23.0 Å². The summed E-state index contributed by atoms with van der Waals surface area (Å²) >= 11 is 0. The van der Waals surface area contributed by atoms with Gasteiger partial charge in [0.15, 0.2) is 5.78 Å². The third-order valence-electron chi connectivity index (χ3n) is 8.27. The first-order valence-corrected chi connectivity index (χ1v) is 17.4. The van der Waals surface area contributed by atoms with Gasteiger partial charge in [0.1, 0.15) is 59.6 Å². The van der Waals surface area contributed by atoms with Crippen molar-refractivity contribution in [1.82, 2.24) is 0 Å². The molecule has 1 aliphatic heterocycles. The number of aromatic hydroxyl groups is 3. The SMILES string of the molecule is CC/C=C\C/C=C\C/C=C\CCCCCCCC(=O)OC[C@H]1O[C@@H](Oc2cc(O)cc(O)c2C(=O)CCc2ccc(O)cc2)[C@H](O)[C@@H](O)[C@@H]1O. The third kappa shape index (κ3) is 13.6. The van der Waals surface area contributed by atoms with Gasteiger partial charge in [-0.3, -0.25) is 9.59 Å². The number of allylic oxidation sites excluding steroid dienone is 6. The average Bonchev–Trinajstić information content (AvgIpc) is 3.09. The van der Waals surface area contributed by atoms with Gasteiger partial charge in [0.2, 0.25) is 6.29 Å². The van der Waals surface area contributed by atoms with Crippen LogP contribution in [0.15, 0.2) is 72.9 Å². The van der Waals surface area contributed by atoms with E-state index in [1.807, 2.05) is 0 Å². The Morgan fingerprint density at radius 3 is 2.14 bits per heavy atom. The van der Waals surface area contributed by atoms with E-state index in [4.69, 9.17) is 14.2 Å². The Hall–Kier alpha value is -4.16. The molecule has 6 N–H and O–H groups in total. The molecule has 5 atom stereocenters. The number of phenols is 3. The highest BCUT2D eigenvalue weighted by atomic mass is 16.7. The second-order valence-electron chi connectivity index (χ2n) is 12.3. The van der Waals surface area contributed by atoms with E-state index in [1.54, 1.807) is 12.1 Å². The number of Topliss-reactive ketones (excluding diaryl/α,β-unsaturated/α-hetero) is 1. The van der Waals surface area contributed by atoms with E-state index < -0.39 is 60.6 Å². The van der Waals surface area contributed by atoms with Crippen molar-refractivity contribution in [2.75, 3.05) is 6.61 Å². The highest BCUT2D eigenvalue weighted by molar-refractivity contribution is 6.01. The Morgan fingerprint density at radius 1 is 0.760 bits per heavy atom. The molecule has 1 heterocycles. The summed E-state index contributed by atoms with van der Waals surface area (Å²) in [6, 6.07) is 8.29. The first-order chi connectivity index (χ1) is 24.1. The maximum absolute atomic E-state index is 13.1. The molecule has 2 aromatic carbocycles. The van der Waals surface area contributed by atoms with E-state index in [2.05, 4.69) is 43.4 Å². The minimum absolute atomic E-state index is 0.0688. The van der Waals surface area contributed by atoms with Crippen molar-refractivity contribution in [1.29, 1.82) is 0 Å². The maximum atomic E-state index is 13.1. The highest BCUT2D eigenvalue weighted by Crippen LogP contribution is 2.36. The summed E-state index contributed by atoms with van der Waals surface area (Å²) < 4.78 is 16.6. The lowest BCUT2D eigenvalue weighted by atomic mass is 9.98. The molecule has 274 valence electrons. The number of hydrogen-bond acceptors (Lipinski definition) is 11. The number of aliphatic hydroxyl groups excluding tert-OH is 3. The van der Waals surface area contributed by atoms with E-state index in [1.165, 1.54) is 12.1 Å². The van der Waals surface area contributed by atoms with Crippen LogP contribution in [0.25, 0.3) is 0 Å². The van der Waals surface area contributed by atoms with Crippen LogP contribution < -0.4 is 4.74 Å². The van der Waals surface area contributed by atoms with Crippen LogP contribution in [0.1, 0.15) is 93.5 Å². The van der Waals surface area contributed by atoms with Gasteiger partial charge >= 0.3 is 5.97 Å². The van der Waals surface area contributed by atoms with Crippen LogP contribution >= 0.6 is 0 Å². The van der Waals surface area contributed by atoms with Crippen molar-refractivity contribution in [3.05, 3.63) is 84.0 Å². The van der Waals surface area contributed by atoms with E-state index in [9.17, 15) is 40.2 Å². The van der Waals surface area contributed by atoms with Crippen molar-refractivity contribution in [2.24, 2.45) is 0 Å². The fourth-order valence-electron chi connectivity index (χ4n) is 5.42. The molecule has 0 radical (unpaired) electrons. The number of phenolic OH excluding ortho intramolecular Hbond substituents is 3. The first-order valence-electron chi connectivity index (χ1n) is 17.4. The molecule has 11 nitrogen and oxygen atoms in total. The fraction of sp³-hybridized carbons (Fsp3) is 0.487. The van der Waals surface area contributed by atoms with Gasteiger partial charge in [-0.25, -0.2) is 0 Å². The number of rotatable bonds is 21. The Morgan fingerprint density at radius 2 is 1.42 bits per heavy atom. The smallest absolute Gasteiger partial charge is 0.305 e. The fourth-order valence-corrected chi connectivity index (χ4v) is 5.42. The largest absolute Gasteiger partial charge is 0.508 e. The molecule has 0 unspecified atom stereocenters. The van der Waals surface area contributed by atoms with E-state index in [0.717, 1.165) is 69.1 Å². The minimum Gasteiger partial charge on any atom is -0.508 e. The maximum Gasteiger partial charge on any atom is 0.305 e. The van der Waals surface area contributed by atoms with Crippen LogP contribution in [-0.2, 0) is 20.7 Å². The molecule has 0 amide bonds. The predicted molar refractivity (Wildman–Crippen MR) is 188 cm³/mol. The Kier molecular flexibility index (Phi) is 17.6. The van der Waals surface area contributed by atoms with Gasteiger partial charge < -0.3 is 44.8 Å². The summed E-state index contributed by atoms with van der Waals surface area (Å²) in [6.45, 7) is 1.69. The number of carbonyl (C=O) groups is 2. The summed E-state index contributed by atoms with van der Waals surface area (Å²) in [4.78, 5) is 25.5. The Balaban J connectivity index is 1.43. The number of ether oxygens (including phenoxy) is 3. The van der Waals surface area contributed by atoms with Crippen LogP contribution in [0.3, 0.4) is 0 Å². The molecule has 0 bridgehead atoms. The highest BCUT2D eigenvalue weighted by Gasteiger charge is 2.46. The Labute approximate surface area is 294 Å². The molecule has 0 aliphatic carbocycles. The standard InChI is InChI=1S/C39H52O11/c1-2-3-4-5-6-7-8-9-10-11-12-13-14-15-16-17-34(44)48-26-33-36(45)37(46)38(47)39(50-33)49-32-25-29(41)24-31(43)35(32)30(42)23-20-27-18-21-28(40)22-19-27/h3-4,6-7,9-10,18-19,21-22,24-25,33,36-41,43,45-47H,2,5,8,11-17,20,23,26H2,1H3/b4-3-,7-6-,10-9-/t33-,36-,37+,38-,39-/m1/s1. The molecular weight excluding hydrogens is 644 g/mol. The summed E-state index contributed by atoms with van der Waals surface area (Å²) in [5, 5.41) is 61.7. The van der Waals surface area contributed by atoms with Crippen molar-refractivity contribution >= 4 is 11.8 Å². The van der Waals surface area contributed by atoms with Gasteiger partial charge in [-0.05, 0) is 62.6 Å². The quantitative estimate of drug-likeness (QED) is 0.0393. The minimum atomic E-state index is -1.79. The zero-order valence-electron chi connectivity index (χ0n) is 28.7. The van der Waals surface area contributed by atoms with Gasteiger partial charge in [0.25, 0.3) is 0 Å². The number of hydrogen-bond donors (Lipinski definition) is 6. The van der Waals surface area contributed by atoms with Crippen molar-refractivity contribution in [3.63, 3.8) is 0 Å². The molecule has 0 saturated carbocycles. The van der Waals surface area contributed by atoms with Gasteiger partial charge in [0, 0.05) is 25.0 Å². The lowest BCUT2D eigenvalue weighted by molar-refractivity contribution is -0.278. The number of benzene rings is 2. The zero-order valence-corrected chi connectivity index (χ0v) is 28.7. The summed E-state index contributed by atoms with van der Waals surface area (Å²) in [6.07, 6.45) is 13.9. The van der Waals surface area contributed by atoms with Crippen LogP contribution in [0.4, 0.5) is 0 Å². The molecular formula is C39H52O11. The topological polar surface area (TPSA) is 183 Å². The lowest BCUT2D eigenvalue weighted by Crippen LogP contribution is -2.60. The van der Waals surface area contributed by atoms with Crippen LogP contribution in [-0.4, -0.2) is 79.7 Å². The predicted octanol–water partition coefficient (Wildman–Crippen LogP) is 5.94. The second-order valence-corrected chi connectivity index (χ2v) is 12.3. The number of esters is 1. The molecule has 0 aromatic heterocycles. The second kappa shape index (κ2) is 21.8. The van der Waals surface area contributed by atoms with E-state index >= 15 is 0 Å². The average molecular weight is 697 g/mol. The van der Waals surface area contributed by atoms with Crippen molar-refractivity contribution in [3.8, 4) is 23.0 Å². The summed E-state index contributed by atoms with van der Waals surface area (Å²) in [5.41, 5.74) is 0.475. The van der Waals surface area contributed by atoms with Crippen molar-refractivity contribution < 1.29 is 54.4 Å². The number of unbranched alkanes of at least 4 members (excludes halogenated alkanes) is 5. The monoisotopic (exact) mass is 696 g/mol. The lowest BCUT2D eigenvalue weighted by Gasteiger charge is -2.40. The molecule has 11 heteroatoms. The summed E-state index contributed by atoms with van der Waals surface area (Å²) in [7, 11) is 0. The molecule has 2 aromatic rings. The summed E-state index contributed by atoms with van der Waals surface area (Å²) in [5.74, 6) is -2.29.